The molecule has 0 radical (unpaired) electrons. The lowest BCUT2D eigenvalue weighted by Crippen LogP contribution is -2.48. The summed E-state index contributed by atoms with van der Waals surface area (Å²) in [5, 5.41) is 6.90. The summed E-state index contributed by atoms with van der Waals surface area (Å²) in [6, 6.07) is 13.4. The summed E-state index contributed by atoms with van der Waals surface area (Å²) in [5.74, 6) is 2.09. The SMILES string of the molecule is CN1Cc2ccccc2C[C@@H]1C(=O)NCc1noc(-c2ccc3c(c2)OCO3)n1. The fraction of sp³-hybridized carbons (Fsp3) is 0.286. The van der Waals surface area contributed by atoms with E-state index in [2.05, 4.69) is 32.5 Å². The van der Waals surface area contributed by atoms with Gasteiger partial charge in [0.05, 0.1) is 12.6 Å². The molecule has 0 spiro atoms. The third-order valence-corrected chi connectivity index (χ3v) is 5.29. The molecule has 0 bridgehead atoms. The zero-order valence-corrected chi connectivity index (χ0v) is 15.9. The first-order chi connectivity index (χ1) is 14.2. The molecule has 1 atom stereocenters. The number of amides is 1. The van der Waals surface area contributed by atoms with Crippen LogP contribution >= 0.6 is 0 Å². The number of hydrogen-bond donors (Lipinski definition) is 1. The van der Waals surface area contributed by atoms with E-state index >= 15 is 0 Å². The van der Waals surface area contributed by atoms with Gasteiger partial charge in [-0.1, -0.05) is 29.4 Å². The second-order valence-corrected chi connectivity index (χ2v) is 7.21. The zero-order valence-electron chi connectivity index (χ0n) is 15.9. The quantitative estimate of drug-likeness (QED) is 0.727. The minimum atomic E-state index is -0.217. The Bertz CT molecular complexity index is 1060. The van der Waals surface area contributed by atoms with Crippen LogP contribution < -0.4 is 14.8 Å². The van der Waals surface area contributed by atoms with Gasteiger partial charge in [-0.3, -0.25) is 9.69 Å². The van der Waals surface area contributed by atoms with Gasteiger partial charge in [-0.05, 0) is 42.8 Å². The fourth-order valence-corrected chi connectivity index (χ4v) is 3.70. The zero-order chi connectivity index (χ0) is 19.8. The molecule has 0 aliphatic carbocycles. The third-order valence-electron chi connectivity index (χ3n) is 5.29. The standard InChI is InChI=1S/C21H20N4O4/c1-25-11-15-5-3-2-4-13(15)8-16(25)20(26)22-10-19-23-21(29-24-19)14-6-7-17-18(9-14)28-12-27-17/h2-7,9,16H,8,10-12H2,1H3,(H,22,26)/t16-/m1/s1. The maximum atomic E-state index is 12.7. The van der Waals surface area contributed by atoms with Gasteiger partial charge < -0.3 is 19.3 Å². The number of hydrogen-bond acceptors (Lipinski definition) is 7. The molecular formula is C21H20N4O4. The lowest BCUT2D eigenvalue weighted by Gasteiger charge is -2.32. The first kappa shape index (κ1) is 17.7. The highest BCUT2D eigenvalue weighted by Gasteiger charge is 2.29. The van der Waals surface area contributed by atoms with Crippen LogP contribution in [0.15, 0.2) is 47.0 Å². The number of fused-ring (bicyclic) bond motifs is 2. The molecule has 29 heavy (non-hydrogen) atoms. The molecule has 148 valence electrons. The summed E-state index contributed by atoms with van der Waals surface area (Å²) < 4.78 is 16.0. The highest BCUT2D eigenvalue weighted by molar-refractivity contribution is 5.82. The number of nitrogens with zero attached hydrogens (tertiary/aromatic N) is 3. The Kier molecular flexibility index (Phi) is 4.40. The van der Waals surface area contributed by atoms with E-state index in [0.29, 0.717) is 29.6 Å². The van der Waals surface area contributed by atoms with Crippen molar-refractivity contribution in [2.75, 3.05) is 13.8 Å². The molecule has 3 heterocycles. The van der Waals surface area contributed by atoms with E-state index in [4.69, 9.17) is 14.0 Å². The third kappa shape index (κ3) is 3.42. The van der Waals surface area contributed by atoms with Gasteiger partial charge in [-0.15, -0.1) is 0 Å². The Balaban J connectivity index is 1.24. The molecule has 8 nitrogen and oxygen atoms in total. The lowest BCUT2D eigenvalue weighted by molar-refractivity contribution is -0.126. The van der Waals surface area contributed by atoms with Crippen LogP contribution in [0.4, 0.5) is 0 Å². The van der Waals surface area contributed by atoms with Crippen LogP contribution in [-0.4, -0.2) is 40.8 Å². The molecule has 1 aromatic heterocycles. The van der Waals surface area contributed by atoms with Crippen LogP contribution in [0.1, 0.15) is 17.0 Å². The molecule has 3 aromatic rings. The fourth-order valence-electron chi connectivity index (χ4n) is 3.70. The number of rotatable bonds is 4. The normalized spacial score (nSPS) is 17.8. The molecule has 0 unspecified atom stereocenters. The summed E-state index contributed by atoms with van der Waals surface area (Å²) in [6.07, 6.45) is 0.688. The Morgan fingerprint density at radius 1 is 1.17 bits per heavy atom. The van der Waals surface area contributed by atoms with E-state index in [1.807, 2.05) is 25.2 Å². The number of carbonyl (C=O) groups is 1. The van der Waals surface area contributed by atoms with Crippen LogP contribution in [0.5, 0.6) is 11.5 Å². The summed E-state index contributed by atoms with van der Waals surface area (Å²) in [6.45, 7) is 1.17. The number of benzene rings is 2. The average molecular weight is 392 g/mol. The van der Waals surface area contributed by atoms with Crippen molar-refractivity contribution in [1.82, 2.24) is 20.4 Å². The van der Waals surface area contributed by atoms with Crippen LogP contribution in [0, 0.1) is 0 Å². The van der Waals surface area contributed by atoms with Crippen molar-refractivity contribution in [3.8, 4) is 23.0 Å². The van der Waals surface area contributed by atoms with Crippen molar-refractivity contribution >= 4 is 5.91 Å². The molecule has 1 N–H and O–H groups in total. The smallest absolute Gasteiger partial charge is 0.258 e. The number of ether oxygens (including phenoxy) is 2. The monoisotopic (exact) mass is 392 g/mol. The molecule has 0 fully saturated rings. The molecule has 2 aliphatic heterocycles. The highest BCUT2D eigenvalue weighted by atomic mass is 16.7. The topological polar surface area (TPSA) is 89.7 Å². The van der Waals surface area contributed by atoms with Crippen molar-refractivity contribution in [2.45, 2.75) is 25.6 Å². The van der Waals surface area contributed by atoms with Gasteiger partial charge in [0.1, 0.15) is 0 Å². The summed E-state index contributed by atoms with van der Waals surface area (Å²) in [7, 11) is 1.96. The summed E-state index contributed by atoms with van der Waals surface area (Å²) in [4.78, 5) is 19.2. The average Bonchev–Trinajstić information content (AvgIpc) is 3.40. The second kappa shape index (κ2) is 7.21. The Morgan fingerprint density at radius 2 is 2.00 bits per heavy atom. The Morgan fingerprint density at radius 3 is 2.90 bits per heavy atom. The predicted octanol–water partition coefficient (Wildman–Crippen LogP) is 2.14. The number of nitrogens with one attached hydrogen (secondary N) is 1. The highest BCUT2D eigenvalue weighted by Crippen LogP contribution is 2.35. The maximum Gasteiger partial charge on any atom is 0.258 e. The molecule has 5 rings (SSSR count). The number of aromatic nitrogens is 2. The van der Waals surface area contributed by atoms with E-state index in [0.717, 1.165) is 12.1 Å². The molecule has 2 aromatic carbocycles. The van der Waals surface area contributed by atoms with Crippen molar-refractivity contribution < 1.29 is 18.8 Å². The minimum Gasteiger partial charge on any atom is -0.454 e. The van der Waals surface area contributed by atoms with E-state index in [1.165, 1.54) is 11.1 Å². The van der Waals surface area contributed by atoms with E-state index in [-0.39, 0.29) is 25.3 Å². The minimum absolute atomic E-state index is 0.0450. The summed E-state index contributed by atoms with van der Waals surface area (Å²) in [5.41, 5.74) is 3.23. The van der Waals surface area contributed by atoms with E-state index in [1.54, 1.807) is 12.1 Å². The van der Waals surface area contributed by atoms with E-state index in [9.17, 15) is 4.79 Å². The van der Waals surface area contributed by atoms with Gasteiger partial charge >= 0.3 is 0 Å². The van der Waals surface area contributed by atoms with Gasteiger partial charge in [-0.25, -0.2) is 0 Å². The van der Waals surface area contributed by atoms with Gasteiger partial charge in [0.2, 0.25) is 12.7 Å². The lowest BCUT2D eigenvalue weighted by atomic mass is 9.94. The van der Waals surface area contributed by atoms with Crippen LogP contribution in [0.25, 0.3) is 11.5 Å². The first-order valence-corrected chi connectivity index (χ1v) is 9.45. The van der Waals surface area contributed by atoms with Crippen molar-refractivity contribution in [1.29, 1.82) is 0 Å². The molecule has 8 heteroatoms. The first-order valence-electron chi connectivity index (χ1n) is 9.45. The largest absolute Gasteiger partial charge is 0.454 e. The molecule has 0 saturated heterocycles. The van der Waals surface area contributed by atoms with Gasteiger partial charge in [-0.2, -0.15) is 4.98 Å². The van der Waals surface area contributed by atoms with Gasteiger partial charge in [0, 0.05) is 12.1 Å². The second-order valence-electron chi connectivity index (χ2n) is 7.21. The predicted molar refractivity (Wildman–Crippen MR) is 103 cm³/mol. The van der Waals surface area contributed by atoms with Crippen LogP contribution in [0.2, 0.25) is 0 Å². The number of likely N-dealkylation sites (N-methyl/N-ethyl adjacent to an activating group) is 1. The van der Waals surface area contributed by atoms with Crippen molar-refractivity contribution in [3.63, 3.8) is 0 Å². The molecular weight excluding hydrogens is 372 g/mol. The van der Waals surface area contributed by atoms with Gasteiger partial charge in [0.15, 0.2) is 17.3 Å². The van der Waals surface area contributed by atoms with Crippen molar-refractivity contribution in [3.05, 3.63) is 59.4 Å². The Labute approximate surface area is 167 Å². The molecule has 0 saturated carbocycles. The summed E-state index contributed by atoms with van der Waals surface area (Å²) >= 11 is 0. The maximum absolute atomic E-state index is 12.7. The van der Waals surface area contributed by atoms with Crippen LogP contribution in [-0.2, 0) is 24.3 Å². The molecule has 1 amide bonds. The van der Waals surface area contributed by atoms with Crippen LogP contribution in [0.3, 0.4) is 0 Å². The molecule has 2 aliphatic rings. The number of carbonyl (C=O) groups excluding carboxylic acids is 1. The van der Waals surface area contributed by atoms with E-state index < -0.39 is 0 Å². The Hall–Kier alpha value is -3.39. The van der Waals surface area contributed by atoms with Gasteiger partial charge in [0.25, 0.3) is 5.89 Å². The van der Waals surface area contributed by atoms with Crippen molar-refractivity contribution in [2.24, 2.45) is 0 Å².